The van der Waals surface area contributed by atoms with Crippen LogP contribution in [0.15, 0.2) is 12.2 Å². The van der Waals surface area contributed by atoms with E-state index in [9.17, 15) is 26.7 Å². The molecule has 0 bridgehead atoms. The van der Waals surface area contributed by atoms with Crippen molar-refractivity contribution in [1.82, 2.24) is 0 Å². The quantitative estimate of drug-likeness (QED) is 0.410. The number of carbonyl (C=O) groups is 1. The maximum atomic E-state index is 14.9. The van der Waals surface area contributed by atoms with E-state index in [1.807, 2.05) is 0 Å². The summed E-state index contributed by atoms with van der Waals surface area (Å²) in [5, 5.41) is 0. The molecule has 0 aromatic rings. The molecular weight excluding hydrogens is 339 g/mol. The molecule has 0 aromatic carbocycles. The van der Waals surface area contributed by atoms with E-state index >= 15 is 0 Å². The van der Waals surface area contributed by atoms with Crippen molar-refractivity contribution in [2.45, 2.75) is 57.6 Å². The molecule has 4 nitrogen and oxygen atoms in total. The first-order valence-corrected chi connectivity index (χ1v) is 7.37. The number of hydrogen-bond donors (Lipinski definition) is 0. The van der Waals surface area contributed by atoms with Gasteiger partial charge in [0.25, 0.3) is 0 Å². The van der Waals surface area contributed by atoms with E-state index in [-0.39, 0.29) is 5.57 Å². The molecule has 0 radical (unpaired) electrons. The predicted molar refractivity (Wildman–Crippen MR) is 74.4 cm³/mol. The molecule has 1 fully saturated rings. The van der Waals surface area contributed by atoms with Crippen LogP contribution in [0, 0.1) is 5.92 Å². The van der Waals surface area contributed by atoms with E-state index in [2.05, 4.69) is 20.8 Å². The molecule has 0 amide bonds. The molecule has 2 atom stereocenters. The highest BCUT2D eigenvalue weighted by Crippen LogP contribution is 2.57. The van der Waals surface area contributed by atoms with Crippen LogP contribution < -0.4 is 0 Å². The van der Waals surface area contributed by atoms with Crippen LogP contribution >= 0.6 is 0 Å². The second-order valence-electron chi connectivity index (χ2n) is 6.20. The van der Waals surface area contributed by atoms with Crippen molar-refractivity contribution >= 4 is 5.97 Å². The maximum absolute atomic E-state index is 14.9. The van der Waals surface area contributed by atoms with E-state index in [1.54, 1.807) is 0 Å². The van der Waals surface area contributed by atoms with Crippen LogP contribution in [0.2, 0.25) is 0 Å². The molecule has 0 saturated carbocycles. The Kier molecular flexibility index (Phi) is 5.72. The fourth-order valence-corrected chi connectivity index (χ4v) is 2.21. The molecule has 24 heavy (non-hydrogen) atoms. The number of ether oxygens (including phenoxy) is 3. The van der Waals surface area contributed by atoms with Crippen molar-refractivity contribution in [3.63, 3.8) is 0 Å². The predicted octanol–water partition coefficient (Wildman–Crippen LogP) is 3.85. The third kappa shape index (κ3) is 3.15. The largest absolute Gasteiger partial charge is 0.450 e. The molecule has 1 rings (SSSR count). The first-order chi connectivity index (χ1) is 10.8. The average molecular weight is 360 g/mol. The van der Waals surface area contributed by atoms with Crippen molar-refractivity contribution in [1.29, 1.82) is 0 Å². The van der Waals surface area contributed by atoms with Gasteiger partial charge in [-0.3, -0.25) is 0 Å². The zero-order valence-electron chi connectivity index (χ0n) is 13.9. The third-order valence-electron chi connectivity index (χ3n) is 3.69. The lowest BCUT2D eigenvalue weighted by Crippen LogP contribution is -2.65. The van der Waals surface area contributed by atoms with Gasteiger partial charge in [0.2, 0.25) is 5.60 Å². The molecule has 1 saturated heterocycles. The second-order valence-corrected chi connectivity index (χ2v) is 6.20. The monoisotopic (exact) mass is 360 g/mol. The highest BCUT2D eigenvalue weighted by atomic mass is 19.4. The van der Waals surface area contributed by atoms with Gasteiger partial charge in [-0.05, 0) is 19.3 Å². The fourth-order valence-electron chi connectivity index (χ4n) is 2.21. The molecule has 0 spiro atoms. The van der Waals surface area contributed by atoms with Crippen molar-refractivity contribution in [3.8, 4) is 0 Å². The van der Waals surface area contributed by atoms with Gasteiger partial charge >= 0.3 is 23.9 Å². The summed E-state index contributed by atoms with van der Waals surface area (Å²) in [7, 11) is 0. The van der Waals surface area contributed by atoms with Crippen molar-refractivity contribution in [2.75, 3.05) is 13.2 Å². The Morgan fingerprint density at radius 3 is 2.25 bits per heavy atom. The molecule has 9 heteroatoms. The summed E-state index contributed by atoms with van der Waals surface area (Å²) in [5.41, 5.74) is -3.01. The van der Waals surface area contributed by atoms with Crippen LogP contribution in [0.5, 0.6) is 0 Å². The molecule has 0 N–H and O–H groups in total. The number of alkyl halides is 5. The lowest BCUT2D eigenvalue weighted by atomic mass is 9.89. The molecule has 0 aromatic heterocycles. The van der Waals surface area contributed by atoms with Gasteiger partial charge in [-0.25, -0.2) is 4.79 Å². The number of rotatable bonds is 6. The van der Waals surface area contributed by atoms with E-state index in [0.717, 1.165) is 0 Å². The van der Waals surface area contributed by atoms with E-state index in [4.69, 9.17) is 0 Å². The van der Waals surface area contributed by atoms with Gasteiger partial charge in [-0.1, -0.05) is 27.4 Å². The number of hydrogen-bond acceptors (Lipinski definition) is 4. The van der Waals surface area contributed by atoms with Gasteiger partial charge < -0.3 is 14.2 Å². The molecule has 140 valence electrons. The Labute approximate surface area is 136 Å². The van der Waals surface area contributed by atoms with Gasteiger partial charge in [0.05, 0.1) is 13.2 Å². The standard InChI is InChI=1S/C15H21F5O4/c1-6-12(24-11(21)10(4)5)8-23-14(13(12,16)17,15(18,19)20)22-7-9(2)3/h9H,4,6-8H2,1-3,5H3. The molecule has 1 heterocycles. The second kappa shape index (κ2) is 6.59. The van der Waals surface area contributed by atoms with Gasteiger partial charge in [0.1, 0.15) is 0 Å². The molecule has 1 aliphatic rings. The van der Waals surface area contributed by atoms with Crippen molar-refractivity contribution in [3.05, 3.63) is 12.2 Å². The molecule has 0 aliphatic carbocycles. The Balaban J connectivity index is 3.35. The summed E-state index contributed by atoms with van der Waals surface area (Å²) >= 11 is 0. The minimum Gasteiger partial charge on any atom is -0.447 e. The van der Waals surface area contributed by atoms with E-state index < -0.39 is 55.0 Å². The summed E-state index contributed by atoms with van der Waals surface area (Å²) in [6, 6.07) is 0. The van der Waals surface area contributed by atoms with Crippen molar-refractivity contribution in [2.24, 2.45) is 5.92 Å². The normalized spacial score (nSPS) is 29.8. The number of halogens is 5. The summed E-state index contributed by atoms with van der Waals surface area (Å²) < 4.78 is 83.8. The smallest absolute Gasteiger partial charge is 0.447 e. The summed E-state index contributed by atoms with van der Waals surface area (Å²) in [5.74, 6) is -10.5. The van der Waals surface area contributed by atoms with Crippen LogP contribution in [-0.2, 0) is 19.0 Å². The van der Waals surface area contributed by atoms with Gasteiger partial charge in [0.15, 0.2) is 0 Å². The lowest BCUT2D eigenvalue weighted by Gasteiger charge is -2.40. The minimum atomic E-state index is -5.53. The summed E-state index contributed by atoms with van der Waals surface area (Å²) in [4.78, 5) is 11.6. The first-order valence-electron chi connectivity index (χ1n) is 7.37. The summed E-state index contributed by atoms with van der Waals surface area (Å²) in [6.07, 6.45) is -6.13. The van der Waals surface area contributed by atoms with Crippen LogP contribution in [0.4, 0.5) is 22.0 Å². The Morgan fingerprint density at radius 1 is 1.33 bits per heavy atom. The Bertz CT molecular complexity index is 503. The van der Waals surface area contributed by atoms with Crippen LogP contribution in [0.25, 0.3) is 0 Å². The van der Waals surface area contributed by atoms with Crippen LogP contribution in [0.3, 0.4) is 0 Å². The number of carbonyl (C=O) groups excluding carboxylic acids is 1. The minimum absolute atomic E-state index is 0.216. The zero-order chi connectivity index (χ0) is 19.0. The van der Waals surface area contributed by atoms with Gasteiger partial charge in [-0.2, -0.15) is 22.0 Å². The Morgan fingerprint density at radius 2 is 1.88 bits per heavy atom. The lowest BCUT2D eigenvalue weighted by molar-refractivity contribution is -0.424. The van der Waals surface area contributed by atoms with Gasteiger partial charge in [-0.15, -0.1) is 0 Å². The maximum Gasteiger partial charge on any atom is 0.450 e. The molecule has 2 unspecified atom stereocenters. The zero-order valence-corrected chi connectivity index (χ0v) is 13.9. The molecular formula is C15H21F5O4. The van der Waals surface area contributed by atoms with Crippen LogP contribution in [-0.4, -0.2) is 42.7 Å². The van der Waals surface area contributed by atoms with E-state index in [1.165, 1.54) is 27.7 Å². The molecule has 1 aliphatic heterocycles. The summed E-state index contributed by atoms with van der Waals surface area (Å²) in [6.45, 7) is 6.88. The average Bonchev–Trinajstić information content (AvgIpc) is 2.65. The van der Waals surface area contributed by atoms with Crippen molar-refractivity contribution < 1.29 is 41.0 Å². The highest BCUT2D eigenvalue weighted by Gasteiger charge is 2.84. The topological polar surface area (TPSA) is 44.8 Å². The van der Waals surface area contributed by atoms with Crippen LogP contribution in [0.1, 0.15) is 34.1 Å². The first kappa shape index (κ1) is 20.8. The Hall–Kier alpha value is -1.22. The third-order valence-corrected chi connectivity index (χ3v) is 3.69. The number of esters is 1. The highest BCUT2D eigenvalue weighted by molar-refractivity contribution is 5.87. The SMILES string of the molecule is C=C(C)C(=O)OC1(CC)COC(OCC(C)C)(C(F)(F)F)C1(F)F. The van der Waals surface area contributed by atoms with Gasteiger partial charge in [0, 0.05) is 5.57 Å². The fraction of sp³-hybridized carbons (Fsp3) is 0.800. The van der Waals surface area contributed by atoms with E-state index in [0.29, 0.717) is 0 Å².